The van der Waals surface area contributed by atoms with Crippen molar-refractivity contribution in [2.24, 2.45) is 11.1 Å². The number of halogens is 2. The Kier molecular flexibility index (Phi) is 3.77. The van der Waals surface area contributed by atoms with Crippen LogP contribution in [0.4, 0.5) is 8.78 Å². The van der Waals surface area contributed by atoms with Crippen LogP contribution in [-0.4, -0.2) is 24.5 Å². The Morgan fingerprint density at radius 2 is 2.25 bits per heavy atom. The topological polar surface area (TPSA) is 26.0 Å². The predicted octanol–water partition coefficient (Wildman–Crippen LogP) is 2.11. The van der Waals surface area contributed by atoms with Crippen LogP contribution >= 0.6 is 11.8 Å². The third kappa shape index (κ3) is 2.10. The molecule has 1 unspecified atom stereocenters. The zero-order valence-electron chi connectivity index (χ0n) is 7.06. The van der Waals surface area contributed by atoms with Gasteiger partial charge in [0.2, 0.25) is 6.43 Å². The first-order chi connectivity index (χ1) is 5.71. The highest BCUT2D eigenvalue weighted by atomic mass is 32.2. The second-order valence-corrected chi connectivity index (χ2v) is 4.46. The van der Waals surface area contributed by atoms with Gasteiger partial charge >= 0.3 is 0 Å². The Hall–Kier alpha value is 0.170. The quantitative estimate of drug-likeness (QED) is 0.746. The Balaban J connectivity index is 2.56. The van der Waals surface area contributed by atoms with Gasteiger partial charge in [0.1, 0.15) is 0 Å². The van der Waals surface area contributed by atoms with Crippen LogP contribution < -0.4 is 5.73 Å². The summed E-state index contributed by atoms with van der Waals surface area (Å²) in [4.78, 5) is 0. The standard InChI is InChI=1S/C8H15F2NS/c9-7(10)8(3-4-11)2-1-5-12-6-8/h7H,1-6,11H2. The van der Waals surface area contributed by atoms with Crippen molar-refractivity contribution in [3.8, 4) is 0 Å². The second-order valence-electron chi connectivity index (χ2n) is 3.36. The van der Waals surface area contributed by atoms with Crippen LogP contribution in [0.2, 0.25) is 0 Å². The molecule has 1 aliphatic rings. The molecule has 0 spiro atoms. The van der Waals surface area contributed by atoms with Gasteiger partial charge in [0, 0.05) is 11.2 Å². The number of thioether (sulfide) groups is 1. The van der Waals surface area contributed by atoms with Crippen LogP contribution in [0.1, 0.15) is 19.3 Å². The van der Waals surface area contributed by atoms with Crippen molar-refractivity contribution in [2.75, 3.05) is 18.1 Å². The van der Waals surface area contributed by atoms with Crippen LogP contribution in [0.25, 0.3) is 0 Å². The Morgan fingerprint density at radius 1 is 1.50 bits per heavy atom. The van der Waals surface area contributed by atoms with Gasteiger partial charge in [0.05, 0.1) is 0 Å². The van der Waals surface area contributed by atoms with Crippen molar-refractivity contribution < 1.29 is 8.78 Å². The molecule has 1 aliphatic heterocycles. The largest absolute Gasteiger partial charge is 0.330 e. The molecule has 0 radical (unpaired) electrons. The van der Waals surface area contributed by atoms with Crippen LogP contribution in [-0.2, 0) is 0 Å². The molecule has 1 heterocycles. The molecule has 0 amide bonds. The van der Waals surface area contributed by atoms with E-state index in [9.17, 15) is 8.78 Å². The first-order valence-electron chi connectivity index (χ1n) is 4.27. The van der Waals surface area contributed by atoms with Crippen molar-refractivity contribution >= 4 is 11.8 Å². The zero-order valence-corrected chi connectivity index (χ0v) is 7.88. The fraction of sp³-hybridized carbons (Fsp3) is 1.00. The number of alkyl halides is 2. The van der Waals surface area contributed by atoms with Crippen LogP contribution in [0.5, 0.6) is 0 Å². The fourth-order valence-electron chi connectivity index (χ4n) is 1.64. The van der Waals surface area contributed by atoms with E-state index in [1.807, 2.05) is 0 Å². The Bertz CT molecular complexity index is 130. The highest BCUT2D eigenvalue weighted by molar-refractivity contribution is 7.99. The number of hydrogen-bond donors (Lipinski definition) is 1. The molecule has 1 rings (SSSR count). The van der Waals surface area contributed by atoms with Gasteiger partial charge in [-0.05, 0) is 31.6 Å². The van der Waals surface area contributed by atoms with Gasteiger partial charge in [-0.2, -0.15) is 11.8 Å². The van der Waals surface area contributed by atoms with Crippen LogP contribution in [0, 0.1) is 5.41 Å². The molecular formula is C8H15F2NS. The predicted molar refractivity (Wildman–Crippen MR) is 48.7 cm³/mol. The molecule has 1 atom stereocenters. The van der Waals surface area contributed by atoms with Gasteiger partial charge < -0.3 is 5.73 Å². The van der Waals surface area contributed by atoms with Crippen molar-refractivity contribution in [3.63, 3.8) is 0 Å². The zero-order chi connectivity index (χ0) is 9.03. The van der Waals surface area contributed by atoms with E-state index in [1.165, 1.54) is 0 Å². The van der Waals surface area contributed by atoms with Crippen molar-refractivity contribution in [3.05, 3.63) is 0 Å². The van der Waals surface area contributed by atoms with Gasteiger partial charge in [-0.1, -0.05) is 0 Å². The molecule has 0 aromatic heterocycles. The normalized spacial score (nSPS) is 31.0. The molecule has 4 heteroatoms. The summed E-state index contributed by atoms with van der Waals surface area (Å²) in [5, 5.41) is 0. The molecule has 0 bridgehead atoms. The first-order valence-corrected chi connectivity index (χ1v) is 5.43. The molecule has 1 nitrogen and oxygen atoms in total. The van der Waals surface area contributed by atoms with E-state index in [4.69, 9.17) is 5.73 Å². The summed E-state index contributed by atoms with van der Waals surface area (Å²) in [7, 11) is 0. The van der Waals surface area contributed by atoms with Gasteiger partial charge in [0.25, 0.3) is 0 Å². The fourth-order valence-corrected chi connectivity index (χ4v) is 2.95. The SMILES string of the molecule is NCCC1(C(F)F)CCCSC1. The van der Waals surface area contributed by atoms with E-state index >= 15 is 0 Å². The molecule has 12 heavy (non-hydrogen) atoms. The maximum atomic E-state index is 12.7. The monoisotopic (exact) mass is 195 g/mol. The van der Waals surface area contributed by atoms with E-state index in [0.29, 0.717) is 25.1 Å². The molecule has 0 aromatic rings. The summed E-state index contributed by atoms with van der Waals surface area (Å²) >= 11 is 1.63. The van der Waals surface area contributed by atoms with Gasteiger partial charge in [-0.3, -0.25) is 0 Å². The Morgan fingerprint density at radius 3 is 2.67 bits per heavy atom. The molecule has 0 saturated carbocycles. The molecular weight excluding hydrogens is 180 g/mol. The lowest BCUT2D eigenvalue weighted by Crippen LogP contribution is -2.37. The minimum absolute atomic E-state index is 0.380. The van der Waals surface area contributed by atoms with E-state index in [0.717, 1.165) is 12.2 Å². The number of rotatable bonds is 3. The third-order valence-electron chi connectivity index (χ3n) is 2.46. The van der Waals surface area contributed by atoms with Crippen LogP contribution in [0.15, 0.2) is 0 Å². The summed E-state index contributed by atoms with van der Waals surface area (Å²) in [6.07, 6.45) is -0.171. The lowest BCUT2D eigenvalue weighted by atomic mass is 9.82. The Labute approximate surface area is 76.1 Å². The van der Waals surface area contributed by atoms with E-state index in [2.05, 4.69) is 0 Å². The minimum atomic E-state index is -2.20. The van der Waals surface area contributed by atoms with Crippen molar-refractivity contribution in [1.29, 1.82) is 0 Å². The lowest BCUT2D eigenvalue weighted by molar-refractivity contribution is -0.00174. The first kappa shape index (κ1) is 10.3. The smallest absolute Gasteiger partial charge is 0.245 e. The minimum Gasteiger partial charge on any atom is -0.330 e. The molecule has 1 saturated heterocycles. The molecule has 72 valence electrons. The summed E-state index contributed by atoms with van der Waals surface area (Å²) in [6, 6.07) is 0. The average Bonchev–Trinajstić information content (AvgIpc) is 2.06. The van der Waals surface area contributed by atoms with Crippen LogP contribution in [0.3, 0.4) is 0 Å². The second kappa shape index (κ2) is 4.42. The van der Waals surface area contributed by atoms with E-state index in [1.54, 1.807) is 11.8 Å². The molecule has 0 aliphatic carbocycles. The van der Waals surface area contributed by atoms with Crippen molar-refractivity contribution in [1.82, 2.24) is 0 Å². The van der Waals surface area contributed by atoms with Gasteiger partial charge in [-0.25, -0.2) is 8.78 Å². The molecule has 2 N–H and O–H groups in total. The van der Waals surface area contributed by atoms with E-state index in [-0.39, 0.29) is 0 Å². The summed E-state index contributed by atoms with van der Waals surface area (Å²) < 4.78 is 25.4. The average molecular weight is 195 g/mol. The number of hydrogen-bond acceptors (Lipinski definition) is 2. The highest BCUT2D eigenvalue weighted by Crippen LogP contribution is 2.41. The summed E-state index contributed by atoms with van der Waals surface area (Å²) in [5.74, 6) is 1.61. The number of nitrogens with two attached hydrogens (primary N) is 1. The van der Waals surface area contributed by atoms with Crippen molar-refractivity contribution in [2.45, 2.75) is 25.7 Å². The third-order valence-corrected chi connectivity index (χ3v) is 3.81. The highest BCUT2D eigenvalue weighted by Gasteiger charge is 2.40. The molecule has 1 fully saturated rings. The van der Waals surface area contributed by atoms with Gasteiger partial charge in [-0.15, -0.1) is 0 Å². The maximum absolute atomic E-state index is 12.7. The summed E-state index contributed by atoms with van der Waals surface area (Å²) in [6.45, 7) is 0.380. The van der Waals surface area contributed by atoms with Gasteiger partial charge in [0.15, 0.2) is 0 Å². The van der Waals surface area contributed by atoms with E-state index < -0.39 is 11.8 Å². The molecule has 0 aromatic carbocycles. The lowest BCUT2D eigenvalue weighted by Gasteiger charge is -2.35. The maximum Gasteiger partial charge on any atom is 0.245 e. The summed E-state index contributed by atoms with van der Waals surface area (Å²) in [5.41, 5.74) is 4.57.